The third kappa shape index (κ3) is 4.70. The van der Waals surface area contributed by atoms with E-state index in [2.05, 4.69) is 29.2 Å². The molecule has 1 aromatic heterocycles. The maximum Gasteiger partial charge on any atom is 0.244 e. The quantitative estimate of drug-likeness (QED) is 0.558. The Morgan fingerprint density at radius 1 is 0.862 bits per heavy atom. The molecule has 2 aromatic carbocycles. The topological polar surface area (TPSA) is 59.5 Å². The van der Waals surface area contributed by atoms with Crippen molar-refractivity contribution in [2.45, 2.75) is 15.2 Å². The lowest BCUT2D eigenvalue weighted by Crippen LogP contribution is -2.40. The molecule has 5 nitrogen and oxygen atoms in total. The molecule has 0 saturated carbocycles. The number of thioether (sulfide) groups is 1. The van der Waals surface area contributed by atoms with E-state index in [1.54, 1.807) is 23.9 Å². The molecule has 0 radical (unpaired) electrons. The first-order valence-corrected chi connectivity index (χ1v) is 11.8. The normalized spacial score (nSPS) is 15.5. The van der Waals surface area contributed by atoms with E-state index in [-0.39, 0.29) is 10.1 Å². The van der Waals surface area contributed by atoms with E-state index in [0.29, 0.717) is 26.3 Å². The molecule has 0 atom stereocenters. The fraction of sp³-hybridized carbons (Fsp3) is 0.227. The van der Waals surface area contributed by atoms with Crippen molar-refractivity contribution in [1.82, 2.24) is 9.29 Å². The zero-order valence-electron chi connectivity index (χ0n) is 15.8. The van der Waals surface area contributed by atoms with Crippen molar-refractivity contribution in [1.29, 1.82) is 0 Å². The van der Waals surface area contributed by atoms with Crippen molar-refractivity contribution < 1.29 is 13.2 Å². The molecule has 4 rings (SSSR count). The van der Waals surface area contributed by atoms with Gasteiger partial charge in [-0.2, -0.15) is 4.31 Å². The summed E-state index contributed by atoms with van der Waals surface area (Å²) in [5.74, 6) is 0. The molecule has 0 spiro atoms. The molecule has 1 aliphatic heterocycles. The van der Waals surface area contributed by atoms with E-state index in [9.17, 15) is 8.42 Å². The highest BCUT2D eigenvalue weighted by atomic mass is 32.2. The van der Waals surface area contributed by atoms with Gasteiger partial charge in [-0.3, -0.25) is 0 Å². The van der Waals surface area contributed by atoms with Crippen LogP contribution in [0.5, 0.6) is 0 Å². The van der Waals surface area contributed by atoms with Crippen LogP contribution in [0.4, 0.5) is 0 Å². The van der Waals surface area contributed by atoms with Crippen molar-refractivity contribution in [3.05, 3.63) is 90.1 Å². The van der Waals surface area contributed by atoms with Crippen LogP contribution in [0, 0.1) is 0 Å². The van der Waals surface area contributed by atoms with Gasteiger partial charge in [0, 0.05) is 19.3 Å². The highest BCUT2D eigenvalue weighted by Crippen LogP contribution is 2.39. The molecule has 1 fully saturated rings. The summed E-state index contributed by atoms with van der Waals surface area (Å²) >= 11 is 1.61. The van der Waals surface area contributed by atoms with E-state index >= 15 is 0 Å². The zero-order valence-corrected chi connectivity index (χ0v) is 17.5. The second-order valence-electron chi connectivity index (χ2n) is 6.67. The Kier molecular flexibility index (Phi) is 6.30. The number of hydrogen-bond acceptors (Lipinski definition) is 5. The van der Waals surface area contributed by atoms with E-state index in [1.165, 1.54) is 21.6 Å². The lowest BCUT2D eigenvalue weighted by atomic mass is 10.0. The molecule has 0 amide bonds. The summed E-state index contributed by atoms with van der Waals surface area (Å²) in [5.41, 5.74) is 2.35. The van der Waals surface area contributed by atoms with Gasteiger partial charge in [-0.15, -0.1) is 0 Å². The lowest BCUT2D eigenvalue weighted by molar-refractivity contribution is 0.0730. The molecule has 1 saturated heterocycles. The third-order valence-corrected chi connectivity index (χ3v) is 7.91. The predicted octanol–water partition coefficient (Wildman–Crippen LogP) is 3.98. The van der Waals surface area contributed by atoms with Gasteiger partial charge in [-0.25, -0.2) is 13.4 Å². The Morgan fingerprint density at radius 3 is 1.97 bits per heavy atom. The first-order chi connectivity index (χ1) is 14.1. The molecule has 3 aromatic rings. The van der Waals surface area contributed by atoms with E-state index in [0.717, 1.165) is 5.03 Å². The van der Waals surface area contributed by atoms with Gasteiger partial charge in [-0.05, 0) is 23.3 Å². The summed E-state index contributed by atoms with van der Waals surface area (Å²) in [7, 11) is -3.53. The van der Waals surface area contributed by atoms with E-state index < -0.39 is 10.0 Å². The van der Waals surface area contributed by atoms with Gasteiger partial charge >= 0.3 is 0 Å². The average Bonchev–Trinajstić information content (AvgIpc) is 2.79. The number of aromatic nitrogens is 1. The molecule has 0 N–H and O–H groups in total. The molecule has 29 heavy (non-hydrogen) atoms. The Balaban J connectivity index is 1.58. The average molecular weight is 427 g/mol. The fourth-order valence-electron chi connectivity index (χ4n) is 3.23. The minimum Gasteiger partial charge on any atom is -0.379 e. The summed E-state index contributed by atoms with van der Waals surface area (Å²) in [5, 5.41) is 0.857. The van der Waals surface area contributed by atoms with Crippen LogP contribution in [0.2, 0.25) is 0 Å². The standard InChI is InChI=1S/C22H22N2O3S2/c25-29(26,24-13-15-27-16-14-24)20-11-12-21(23-17-20)28-22(18-7-3-1-4-8-18)19-9-5-2-6-10-19/h1-12,17,22H,13-16H2. The van der Waals surface area contributed by atoms with Crippen LogP contribution in [0.15, 0.2) is 88.9 Å². The summed E-state index contributed by atoms with van der Waals surface area (Å²) in [6, 6.07) is 23.9. The van der Waals surface area contributed by atoms with Crippen LogP contribution < -0.4 is 0 Å². The van der Waals surface area contributed by atoms with E-state index in [4.69, 9.17) is 4.74 Å². The van der Waals surface area contributed by atoms with Crippen LogP contribution >= 0.6 is 11.8 Å². The second kappa shape index (κ2) is 9.09. The molecular weight excluding hydrogens is 404 g/mol. The molecule has 150 valence electrons. The van der Waals surface area contributed by atoms with Crippen LogP contribution in [0.1, 0.15) is 16.4 Å². The molecule has 0 aliphatic carbocycles. The highest BCUT2D eigenvalue weighted by molar-refractivity contribution is 7.99. The SMILES string of the molecule is O=S(=O)(c1ccc(SC(c2ccccc2)c2ccccc2)nc1)N1CCOCC1. The molecule has 0 bridgehead atoms. The molecule has 7 heteroatoms. The third-order valence-electron chi connectivity index (χ3n) is 4.76. The van der Waals surface area contributed by atoms with Crippen LogP contribution in [0.3, 0.4) is 0 Å². The maximum atomic E-state index is 12.8. The number of pyridine rings is 1. The predicted molar refractivity (Wildman–Crippen MR) is 114 cm³/mol. The summed E-state index contributed by atoms with van der Waals surface area (Å²) < 4.78 is 32.3. The number of benzene rings is 2. The Bertz CT molecular complexity index is 981. The number of rotatable bonds is 6. The zero-order chi connectivity index (χ0) is 20.1. The van der Waals surface area contributed by atoms with Gasteiger partial charge in [0.05, 0.1) is 23.5 Å². The monoisotopic (exact) mass is 426 g/mol. The molecule has 1 aliphatic rings. The molecular formula is C22H22N2O3S2. The highest BCUT2D eigenvalue weighted by Gasteiger charge is 2.26. The van der Waals surface area contributed by atoms with Crippen LogP contribution in [-0.4, -0.2) is 44.0 Å². The number of hydrogen-bond donors (Lipinski definition) is 0. The smallest absolute Gasteiger partial charge is 0.244 e. The Labute approximate surface area is 175 Å². The van der Waals surface area contributed by atoms with Gasteiger partial charge in [-0.1, -0.05) is 72.4 Å². The lowest BCUT2D eigenvalue weighted by Gasteiger charge is -2.26. The van der Waals surface area contributed by atoms with Gasteiger partial charge in [0.2, 0.25) is 10.0 Å². The van der Waals surface area contributed by atoms with Crippen molar-refractivity contribution in [3.8, 4) is 0 Å². The summed E-state index contributed by atoms with van der Waals surface area (Å²) in [4.78, 5) is 4.68. The minimum atomic E-state index is -3.53. The van der Waals surface area contributed by atoms with Gasteiger partial charge in [0.1, 0.15) is 4.90 Å². The minimum absolute atomic E-state index is 0.0756. The maximum absolute atomic E-state index is 12.8. The van der Waals surface area contributed by atoms with Gasteiger partial charge in [0.25, 0.3) is 0 Å². The van der Waals surface area contributed by atoms with Crippen LogP contribution in [0.25, 0.3) is 0 Å². The first-order valence-electron chi connectivity index (χ1n) is 9.45. The molecule has 2 heterocycles. The van der Waals surface area contributed by atoms with Crippen molar-refractivity contribution in [2.24, 2.45) is 0 Å². The summed E-state index contributed by atoms with van der Waals surface area (Å²) in [6.45, 7) is 1.61. The van der Waals surface area contributed by atoms with Gasteiger partial charge < -0.3 is 4.74 Å². The Hall–Kier alpha value is -2.19. The fourth-order valence-corrected chi connectivity index (χ4v) is 5.67. The number of nitrogens with zero attached hydrogens (tertiary/aromatic N) is 2. The van der Waals surface area contributed by atoms with Gasteiger partial charge in [0.15, 0.2) is 0 Å². The first kappa shape index (κ1) is 20.1. The van der Waals surface area contributed by atoms with Crippen molar-refractivity contribution in [2.75, 3.05) is 26.3 Å². The number of sulfonamides is 1. The molecule has 0 unspecified atom stereocenters. The summed E-state index contributed by atoms with van der Waals surface area (Å²) in [6.07, 6.45) is 1.46. The van der Waals surface area contributed by atoms with Crippen molar-refractivity contribution >= 4 is 21.8 Å². The van der Waals surface area contributed by atoms with Crippen LogP contribution in [-0.2, 0) is 14.8 Å². The Morgan fingerprint density at radius 2 is 1.45 bits per heavy atom. The largest absolute Gasteiger partial charge is 0.379 e. The number of morpholine rings is 1. The van der Waals surface area contributed by atoms with Crippen molar-refractivity contribution in [3.63, 3.8) is 0 Å². The van der Waals surface area contributed by atoms with E-state index in [1.807, 2.05) is 36.4 Å². The second-order valence-corrected chi connectivity index (χ2v) is 9.73. The number of ether oxygens (including phenoxy) is 1.